The Balaban J connectivity index is 0.000000366. The average molecular weight is 278 g/mol. The highest BCUT2D eigenvalue weighted by molar-refractivity contribution is 7.94. The molecule has 0 unspecified atom stereocenters. The van der Waals surface area contributed by atoms with Gasteiger partial charge in [-0.25, -0.2) is 13.6 Å². The van der Waals surface area contributed by atoms with Crippen molar-refractivity contribution >= 4 is 27.8 Å². The van der Waals surface area contributed by atoms with Crippen molar-refractivity contribution in [1.82, 2.24) is 0 Å². The summed E-state index contributed by atoms with van der Waals surface area (Å²) in [6, 6.07) is 6.06. The van der Waals surface area contributed by atoms with Crippen molar-refractivity contribution in [2.75, 3.05) is 18.1 Å². The lowest BCUT2D eigenvalue weighted by Crippen LogP contribution is -2.13. The van der Waals surface area contributed by atoms with Gasteiger partial charge in [-0.15, -0.1) is 0 Å². The van der Waals surface area contributed by atoms with Crippen LogP contribution >= 0.6 is 12.0 Å². The van der Waals surface area contributed by atoms with Gasteiger partial charge in [0.1, 0.15) is 4.90 Å². The van der Waals surface area contributed by atoms with Crippen LogP contribution in [0.15, 0.2) is 29.2 Å². The van der Waals surface area contributed by atoms with Crippen LogP contribution < -0.4 is 10.9 Å². The molecular weight excluding hydrogens is 260 g/mol. The van der Waals surface area contributed by atoms with Crippen molar-refractivity contribution < 1.29 is 12.6 Å². The molecule has 0 saturated carbocycles. The summed E-state index contributed by atoms with van der Waals surface area (Å²) in [6.07, 6.45) is 0. The topological polar surface area (TPSA) is 95.4 Å². The smallest absolute Gasteiger partial charge is 0.240 e. The predicted octanol–water partition coefficient (Wildman–Crippen LogP) is 1.61. The fourth-order valence-electron chi connectivity index (χ4n) is 0.906. The molecule has 0 aliphatic carbocycles. The SMILES string of the molecule is CCOSCC.Nc1ccccc1S(N)(=O)=O. The van der Waals surface area contributed by atoms with E-state index in [-0.39, 0.29) is 10.6 Å². The van der Waals surface area contributed by atoms with Crippen LogP contribution in [-0.4, -0.2) is 20.8 Å². The van der Waals surface area contributed by atoms with Crippen molar-refractivity contribution in [3.05, 3.63) is 24.3 Å². The molecule has 0 aliphatic rings. The van der Waals surface area contributed by atoms with Crippen molar-refractivity contribution in [1.29, 1.82) is 0 Å². The Bertz CT molecular complexity index is 417. The standard InChI is InChI=1S/C6H8N2O2S.C4H10OS/c7-5-3-1-2-4-6(5)11(8,9)10;1-3-5-6-4-2/h1-4H,7H2,(H2,8,9,10);3-4H2,1-2H3. The van der Waals surface area contributed by atoms with Gasteiger partial charge in [0.2, 0.25) is 10.0 Å². The van der Waals surface area contributed by atoms with Gasteiger partial charge in [-0.05, 0) is 31.1 Å². The fourth-order valence-corrected chi connectivity index (χ4v) is 1.90. The lowest BCUT2D eigenvalue weighted by atomic mass is 10.3. The maximum atomic E-state index is 10.8. The van der Waals surface area contributed by atoms with Crippen molar-refractivity contribution in [2.45, 2.75) is 18.7 Å². The van der Waals surface area contributed by atoms with Gasteiger partial charge in [0.25, 0.3) is 0 Å². The third kappa shape index (κ3) is 7.22. The summed E-state index contributed by atoms with van der Waals surface area (Å²) in [5.74, 6) is 1.05. The van der Waals surface area contributed by atoms with Gasteiger partial charge in [-0.1, -0.05) is 19.1 Å². The second-order valence-corrected chi connectivity index (χ2v) is 5.47. The number of nitrogen functional groups attached to an aromatic ring is 1. The number of hydrogen-bond acceptors (Lipinski definition) is 5. The monoisotopic (exact) mass is 278 g/mol. The molecule has 0 fully saturated rings. The molecule has 7 heteroatoms. The Morgan fingerprint density at radius 1 is 1.29 bits per heavy atom. The third-order valence-corrected chi connectivity index (χ3v) is 3.17. The maximum Gasteiger partial charge on any atom is 0.240 e. The van der Waals surface area contributed by atoms with Crippen molar-refractivity contribution in [3.63, 3.8) is 0 Å². The third-order valence-electron chi connectivity index (χ3n) is 1.54. The van der Waals surface area contributed by atoms with Gasteiger partial charge in [0.15, 0.2) is 0 Å². The van der Waals surface area contributed by atoms with Crippen LogP contribution in [0.5, 0.6) is 0 Å². The molecule has 98 valence electrons. The Labute approximate surface area is 107 Å². The van der Waals surface area contributed by atoms with Crippen LogP contribution in [-0.2, 0) is 14.2 Å². The largest absolute Gasteiger partial charge is 0.398 e. The van der Waals surface area contributed by atoms with Crippen LogP contribution in [0, 0.1) is 0 Å². The van der Waals surface area contributed by atoms with Crippen LogP contribution in [0.3, 0.4) is 0 Å². The lowest BCUT2D eigenvalue weighted by Gasteiger charge is -2.00. The molecule has 4 N–H and O–H groups in total. The van der Waals surface area contributed by atoms with E-state index in [9.17, 15) is 8.42 Å². The summed E-state index contributed by atoms with van der Waals surface area (Å²) >= 11 is 1.51. The Kier molecular flexibility index (Phi) is 7.98. The number of para-hydroxylation sites is 1. The van der Waals surface area contributed by atoms with E-state index in [4.69, 9.17) is 15.1 Å². The first-order valence-corrected chi connectivity index (χ1v) is 7.50. The molecule has 0 bridgehead atoms. The molecule has 0 aliphatic heterocycles. The summed E-state index contributed by atoms with van der Waals surface area (Å²) in [5, 5.41) is 4.85. The minimum Gasteiger partial charge on any atom is -0.398 e. The van der Waals surface area contributed by atoms with E-state index >= 15 is 0 Å². The van der Waals surface area contributed by atoms with E-state index in [1.807, 2.05) is 6.92 Å². The van der Waals surface area contributed by atoms with E-state index < -0.39 is 10.0 Å². The molecule has 1 aromatic carbocycles. The quantitative estimate of drug-likeness (QED) is 0.495. The molecule has 0 spiro atoms. The highest BCUT2D eigenvalue weighted by Gasteiger charge is 2.09. The summed E-state index contributed by atoms with van der Waals surface area (Å²) < 4.78 is 26.4. The van der Waals surface area contributed by atoms with Crippen molar-refractivity contribution in [3.8, 4) is 0 Å². The van der Waals surface area contributed by atoms with Gasteiger partial charge >= 0.3 is 0 Å². The van der Waals surface area contributed by atoms with Crippen LogP contribution in [0.1, 0.15) is 13.8 Å². The Morgan fingerprint density at radius 2 is 1.88 bits per heavy atom. The Morgan fingerprint density at radius 3 is 2.18 bits per heavy atom. The highest BCUT2D eigenvalue weighted by atomic mass is 32.2. The lowest BCUT2D eigenvalue weighted by molar-refractivity contribution is 0.402. The molecule has 0 aromatic heterocycles. The molecule has 0 saturated heterocycles. The van der Waals surface area contributed by atoms with Gasteiger partial charge in [0, 0.05) is 5.75 Å². The molecule has 0 heterocycles. The molecule has 1 aromatic rings. The first-order valence-electron chi connectivity index (χ1n) is 5.05. The summed E-state index contributed by atoms with van der Waals surface area (Å²) in [4.78, 5) is -0.0278. The first-order chi connectivity index (χ1) is 7.93. The molecule has 5 nitrogen and oxygen atoms in total. The number of nitrogens with two attached hydrogens (primary N) is 2. The van der Waals surface area contributed by atoms with Gasteiger partial charge in [-0.3, -0.25) is 0 Å². The normalized spacial score (nSPS) is 10.5. The minimum atomic E-state index is -3.66. The van der Waals surface area contributed by atoms with Crippen LogP contribution in [0.4, 0.5) is 5.69 Å². The van der Waals surface area contributed by atoms with Gasteiger partial charge in [0.05, 0.1) is 12.3 Å². The second kappa shape index (κ2) is 8.35. The van der Waals surface area contributed by atoms with E-state index in [2.05, 4.69) is 6.92 Å². The van der Waals surface area contributed by atoms with Crippen LogP contribution in [0.25, 0.3) is 0 Å². The maximum absolute atomic E-state index is 10.8. The molecule has 0 amide bonds. The molecule has 0 atom stereocenters. The molecular formula is C10H18N2O3S2. The van der Waals surface area contributed by atoms with E-state index in [1.54, 1.807) is 12.1 Å². The summed E-state index contributed by atoms with van der Waals surface area (Å²) in [5.41, 5.74) is 5.52. The zero-order valence-electron chi connectivity index (χ0n) is 9.92. The predicted molar refractivity (Wildman–Crippen MR) is 72.0 cm³/mol. The number of primary sulfonamides is 1. The number of benzene rings is 1. The summed E-state index contributed by atoms with van der Waals surface area (Å²) in [7, 11) is -3.66. The highest BCUT2D eigenvalue weighted by Crippen LogP contribution is 2.14. The second-order valence-electron chi connectivity index (χ2n) is 2.90. The number of anilines is 1. The van der Waals surface area contributed by atoms with Crippen LogP contribution in [0.2, 0.25) is 0 Å². The van der Waals surface area contributed by atoms with Gasteiger partial charge < -0.3 is 9.92 Å². The van der Waals surface area contributed by atoms with E-state index in [1.165, 1.54) is 24.2 Å². The Hall–Kier alpha value is -0.760. The minimum absolute atomic E-state index is 0.0278. The van der Waals surface area contributed by atoms with Gasteiger partial charge in [-0.2, -0.15) is 0 Å². The molecule has 0 radical (unpaired) electrons. The molecule has 17 heavy (non-hydrogen) atoms. The number of rotatable bonds is 4. The zero-order valence-corrected chi connectivity index (χ0v) is 11.6. The van der Waals surface area contributed by atoms with Crippen molar-refractivity contribution in [2.24, 2.45) is 5.14 Å². The summed E-state index contributed by atoms with van der Waals surface area (Å²) in [6.45, 7) is 4.88. The fraction of sp³-hybridized carbons (Fsp3) is 0.400. The molecule has 1 rings (SSSR count). The zero-order chi connectivity index (χ0) is 13.3. The average Bonchev–Trinajstić information content (AvgIpc) is 2.26. The van der Waals surface area contributed by atoms with E-state index in [0.29, 0.717) is 0 Å². The number of hydrogen-bond donors (Lipinski definition) is 2. The number of sulfonamides is 1. The first kappa shape index (κ1) is 16.2. The van der Waals surface area contributed by atoms with E-state index in [0.717, 1.165) is 12.4 Å².